The second-order valence-corrected chi connectivity index (χ2v) is 5.71. The third-order valence-electron chi connectivity index (χ3n) is 4.15. The van der Waals surface area contributed by atoms with Gasteiger partial charge in [-0.3, -0.25) is 0 Å². The largest absolute Gasteiger partial charge is 0.382 e. The Hall–Kier alpha value is -2.03. The predicted octanol–water partition coefficient (Wildman–Crippen LogP) is 4.22. The smallest absolute Gasteiger partial charge is 0.126 e. The molecular weight excluding hydrogens is 263 g/mol. The summed E-state index contributed by atoms with van der Waals surface area (Å²) in [6, 6.07) is 16.3. The van der Waals surface area contributed by atoms with Crippen LogP contribution in [0.3, 0.4) is 0 Å². The number of hydrogen-bond donors (Lipinski definition) is 1. The Morgan fingerprint density at radius 2 is 1.76 bits per heavy atom. The number of nitrogens with zero attached hydrogens (tertiary/aromatic N) is 1. The Morgan fingerprint density at radius 3 is 2.43 bits per heavy atom. The van der Waals surface area contributed by atoms with Crippen molar-refractivity contribution in [1.82, 2.24) is 0 Å². The number of para-hydroxylation sites is 1. The van der Waals surface area contributed by atoms with Crippen LogP contribution >= 0.6 is 0 Å². The first-order valence-corrected chi connectivity index (χ1v) is 7.55. The Labute approximate surface area is 125 Å². The molecule has 21 heavy (non-hydrogen) atoms. The molecule has 1 N–H and O–H groups in total. The molecule has 3 heteroatoms. The lowest BCUT2D eigenvalue weighted by Crippen LogP contribution is -2.39. The quantitative estimate of drug-likeness (QED) is 0.908. The van der Waals surface area contributed by atoms with E-state index in [9.17, 15) is 4.39 Å². The lowest BCUT2D eigenvalue weighted by molar-refractivity contribution is 0.526. The van der Waals surface area contributed by atoms with Gasteiger partial charge in [0.25, 0.3) is 0 Å². The van der Waals surface area contributed by atoms with E-state index in [1.165, 1.54) is 11.8 Å². The van der Waals surface area contributed by atoms with Crippen molar-refractivity contribution in [2.24, 2.45) is 0 Å². The maximum Gasteiger partial charge on any atom is 0.126 e. The standard InChI is InChI=1S/C18H21FN2/c1-14-13-16(7-8-18(14)19)20-15-9-11-21(12-10-15)17-5-3-2-4-6-17/h2-8,13,15,20H,9-12H2,1H3. The van der Waals surface area contributed by atoms with Crippen molar-refractivity contribution >= 4 is 11.4 Å². The van der Waals surface area contributed by atoms with E-state index in [-0.39, 0.29) is 5.82 Å². The van der Waals surface area contributed by atoms with Crippen LogP contribution in [0.15, 0.2) is 48.5 Å². The molecule has 0 bridgehead atoms. The van der Waals surface area contributed by atoms with Crippen molar-refractivity contribution < 1.29 is 4.39 Å². The van der Waals surface area contributed by atoms with Gasteiger partial charge in [-0.15, -0.1) is 0 Å². The summed E-state index contributed by atoms with van der Waals surface area (Å²) in [6.45, 7) is 3.92. The molecule has 2 aromatic rings. The molecule has 1 fully saturated rings. The lowest BCUT2D eigenvalue weighted by atomic mass is 10.0. The molecule has 0 saturated carbocycles. The van der Waals surface area contributed by atoms with Crippen LogP contribution in [0.1, 0.15) is 18.4 Å². The van der Waals surface area contributed by atoms with Crippen LogP contribution in [0, 0.1) is 12.7 Å². The first kappa shape index (κ1) is 13.9. The first-order valence-electron chi connectivity index (χ1n) is 7.55. The van der Waals surface area contributed by atoms with Crippen LogP contribution in [-0.2, 0) is 0 Å². The average molecular weight is 284 g/mol. The number of rotatable bonds is 3. The third kappa shape index (κ3) is 3.35. The molecule has 1 aliphatic rings. The molecule has 0 atom stereocenters. The number of anilines is 2. The topological polar surface area (TPSA) is 15.3 Å². The van der Waals surface area contributed by atoms with Gasteiger partial charge in [0.05, 0.1) is 0 Å². The predicted molar refractivity (Wildman–Crippen MR) is 86.4 cm³/mol. The summed E-state index contributed by atoms with van der Waals surface area (Å²) in [6.07, 6.45) is 2.20. The van der Waals surface area contributed by atoms with Gasteiger partial charge in [-0.2, -0.15) is 0 Å². The van der Waals surface area contributed by atoms with Crippen LogP contribution in [-0.4, -0.2) is 19.1 Å². The number of hydrogen-bond acceptors (Lipinski definition) is 2. The Kier molecular flexibility index (Phi) is 4.09. The minimum absolute atomic E-state index is 0.139. The highest BCUT2D eigenvalue weighted by Gasteiger charge is 2.19. The highest BCUT2D eigenvalue weighted by Crippen LogP contribution is 2.22. The van der Waals surface area contributed by atoms with Gasteiger partial charge in [0.15, 0.2) is 0 Å². The molecule has 0 radical (unpaired) electrons. The summed E-state index contributed by atoms with van der Waals surface area (Å²) in [4.78, 5) is 2.42. The molecule has 0 aromatic heterocycles. The zero-order valence-corrected chi connectivity index (χ0v) is 12.3. The van der Waals surface area contributed by atoms with Gasteiger partial charge in [0, 0.05) is 30.5 Å². The van der Waals surface area contributed by atoms with Gasteiger partial charge in [-0.05, 0) is 55.7 Å². The monoisotopic (exact) mass is 284 g/mol. The Balaban J connectivity index is 1.57. The number of halogens is 1. The lowest BCUT2D eigenvalue weighted by Gasteiger charge is -2.34. The van der Waals surface area contributed by atoms with Gasteiger partial charge in [0.1, 0.15) is 5.82 Å². The van der Waals surface area contributed by atoms with Gasteiger partial charge in [-0.25, -0.2) is 4.39 Å². The van der Waals surface area contributed by atoms with Gasteiger partial charge < -0.3 is 10.2 Å². The summed E-state index contributed by atoms with van der Waals surface area (Å²) in [5.41, 5.74) is 3.02. The molecule has 2 aromatic carbocycles. The summed E-state index contributed by atoms with van der Waals surface area (Å²) in [5, 5.41) is 3.53. The summed E-state index contributed by atoms with van der Waals surface area (Å²) < 4.78 is 13.3. The van der Waals surface area contributed by atoms with E-state index in [2.05, 4.69) is 40.5 Å². The first-order chi connectivity index (χ1) is 10.2. The number of benzene rings is 2. The molecule has 1 heterocycles. The SMILES string of the molecule is Cc1cc(NC2CCN(c3ccccc3)CC2)ccc1F. The normalized spacial score (nSPS) is 16.0. The molecule has 1 saturated heterocycles. The van der Waals surface area contributed by atoms with Gasteiger partial charge >= 0.3 is 0 Å². The van der Waals surface area contributed by atoms with E-state index in [4.69, 9.17) is 0 Å². The van der Waals surface area contributed by atoms with Crippen molar-refractivity contribution in [3.63, 3.8) is 0 Å². The van der Waals surface area contributed by atoms with Crippen molar-refractivity contribution in [2.45, 2.75) is 25.8 Å². The van der Waals surface area contributed by atoms with E-state index in [0.717, 1.165) is 31.6 Å². The highest BCUT2D eigenvalue weighted by atomic mass is 19.1. The Morgan fingerprint density at radius 1 is 1.05 bits per heavy atom. The summed E-state index contributed by atoms with van der Waals surface area (Å²) in [7, 11) is 0. The number of nitrogens with one attached hydrogen (secondary N) is 1. The average Bonchev–Trinajstić information content (AvgIpc) is 2.53. The minimum Gasteiger partial charge on any atom is -0.382 e. The molecule has 1 aliphatic heterocycles. The van der Waals surface area contributed by atoms with Crippen molar-refractivity contribution in [1.29, 1.82) is 0 Å². The van der Waals surface area contributed by atoms with Crippen LogP contribution in [0.25, 0.3) is 0 Å². The van der Waals surface area contributed by atoms with Crippen molar-refractivity contribution in [3.8, 4) is 0 Å². The maximum absolute atomic E-state index is 13.3. The molecular formula is C18H21FN2. The molecule has 0 spiro atoms. The fourth-order valence-electron chi connectivity index (χ4n) is 2.89. The van der Waals surface area contributed by atoms with Crippen LogP contribution < -0.4 is 10.2 Å². The van der Waals surface area contributed by atoms with Crippen LogP contribution in [0.2, 0.25) is 0 Å². The minimum atomic E-state index is -0.139. The second kappa shape index (κ2) is 6.17. The molecule has 0 unspecified atom stereocenters. The molecule has 110 valence electrons. The van der Waals surface area contributed by atoms with E-state index in [1.54, 1.807) is 6.92 Å². The highest BCUT2D eigenvalue weighted by molar-refractivity contribution is 5.49. The third-order valence-corrected chi connectivity index (χ3v) is 4.15. The van der Waals surface area contributed by atoms with Crippen LogP contribution in [0.4, 0.5) is 15.8 Å². The molecule has 0 amide bonds. The van der Waals surface area contributed by atoms with E-state index in [1.807, 2.05) is 12.1 Å². The summed E-state index contributed by atoms with van der Waals surface area (Å²) in [5.74, 6) is -0.139. The van der Waals surface area contributed by atoms with Crippen molar-refractivity contribution in [2.75, 3.05) is 23.3 Å². The van der Waals surface area contributed by atoms with E-state index >= 15 is 0 Å². The molecule has 2 nitrogen and oxygen atoms in total. The van der Waals surface area contributed by atoms with E-state index in [0.29, 0.717) is 11.6 Å². The fourth-order valence-corrected chi connectivity index (χ4v) is 2.89. The summed E-state index contributed by atoms with van der Waals surface area (Å²) >= 11 is 0. The Bertz CT molecular complexity index is 589. The number of aryl methyl sites for hydroxylation is 1. The zero-order chi connectivity index (χ0) is 14.7. The van der Waals surface area contributed by atoms with Crippen LogP contribution in [0.5, 0.6) is 0 Å². The molecule has 0 aliphatic carbocycles. The van der Waals surface area contributed by atoms with E-state index < -0.39 is 0 Å². The van der Waals surface area contributed by atoms with Gasteiger partial charge in [-0.1, -0.05) is 18.2 Å². The molecule has 3 rings (SSSR count). The second-order valence-electron chi connectivity index (χ2n) is 5.71. The zero-order valence-electron chi connectivity index (χ0n) is 12.3. The number of piperidine rings is 1. The fraction of sp³-hybridized carbons (Fsp3) is 0.333. The van der Waals surface area contributed by atoms with Crippen molar-refractivity contribution in [3.05, 3.63) is 59.9 Å². The maximum atomic E-state index is 13.3. The van der Waals surface area contributed by atoms with Gasteiger partial charge in [0.2, 0.25) is 0 Å².